The summed E-state index contributed by atoms with van der Waals surface area (Å²) in [6.07, 6.45) is 2.13. The second-order valence-electron chi connectivity index (χ2n) is 5.22. The van der Waals surface area contributed by atoms with Gasteiger partial charge >= 0.3 is 0 Å². The monoisotopic (exact) mass is 245 g/mol. The molecule has 3 heteroatoms. The quantitative estimate of drug-likeness (QED) is 0.764. The Balaban J connectivity index is 2.10. The van der Waals surface area contributed by atoms with E-state index in [1.165, 1.54) is 0 Å². The van der Waals surface area contributed by atoms with Gasteiger partial charge in [-0.2, -0.15) is 0 Å². The molecule has 1 amide bonds. The number of Topliss-reactive ketones (excluding diaryl/α,β-unsaturated/α-hetero) is 1. The summed E-state index contributed by atoms with van der Waals surface area (Å²) in [6, 6.07) is 7.39. The zero-order chi connectivity index (χ0) is 13.1. The van der Waals surface area contributed by atoms with Gasteiger partial charge in [0, 0.05) is 30.6 Å². The van der Waals surface area contributed by atoms with Crippen LogP contribution in [0.15, 0.2) is 24.3 Å². The van der Waals surface area contributed by atoms with Crippen molar-refractivity contribution in [2.24, 2.45) is 5.92 Å². The van der Waals surface area contributed by atoms with Gasteiger partial charge < -0.3 is 4.90 Å². The first-order valence-corrected chi connectivity index (χ1v) is 6.51. The van der Waals surface area contributed by atoms with Crippen molar-refractivity contribution in [3.8, 4) is 0 Å². The largest absolute Gasteiger partial charge is 0.312 e. The Labute approximate surface area is 108 Å². The number of hydrogen-bond acceptors (Lipinski definition) is 2. The summed E-state index contributed by atoms with van der Waals surface area (Å²) in [5.74, 6) is 0.720. The average Bonchev–Trinajstić information content (AvgIpc) is 2.75. The SMILES string of the molecule is CC(C)CC(=O)c1ccc(N2CCCC2=O)cc1. The van der Waals surface area contributed by atoms with Gasteiger partial charge in [0.15, 0.2) is 5.78 Å². The Kier molecular flexibility index (Phi) is 3.80. The number of amides is 1. The normalized spacial score (nSPS) is 15.5. The highest BCUT2D eigenvalue weighted by Crippen LogP contribution is 2.22. The van der Waals surface area contributed by atoms with E-state index < -0.39 is 0 Å². The van der Waals surface area contributed by atoms with Crippen LogP contribution in [-0.2, 0) is 4.79 Å². The van der Waals surface area contributed by atoms with E-state index in [0.717, 1.165) is 24.2 Å². The van der Waals surface area contributed by atoms with Gasteiger partial charge in [0.1, 0.15) is 0 Å². The molecule has 0 N–H and O–H groups in total. The molecule has 1 aliphatic rings. The van der Waals surface area contributed by atoms with Gasteiger partial charge in [-0.05, 0) is 36.6 Å². The summed E-state index contributed by atoms with van der Waals surface area (Å²) in [7, 11) is 0. The van der Waals surface area contributed by atoms with Crippen LogP contribution in [0.4, 0.5) is 5.69 Å². The van der Waals surface area contributed by atoms with E-state index >= 15 is 0 Å². The second kappa shape index (κ2) is 5.34. The van der Waals surface area contributed by atoms with Gasteiger partial charge in [0.2, 0.25) is 5.91 Å². The Bertz CT molecular complexity index is 448. The van der Waals surface area contributed by atoms with E-state index in [-0.39, 0.29) is 11.7 Å². The number of ketones is 1. The van der Waals surface area contributed by atoms with E-state index in [9.17, 15) is 9.59 Å². The van der Waals surface area contributed by atoms with Crippen molar-refractivity contribution in [1.82, 2.24) is 0 Å². The van der Waals surface area contributed by atoms with Gasteiger partial charge in [0.05, 0.1) is 0 Å². The molecule has 18 heavy (non-hydrogen) atoms. The summed E-state index contributed by atoms with van der Waals surface area (Å²) in [6.45, 7) is 4.86. The first-order valence-electron chi connectivity index (χ1n) is 6.51. The van der Waals surface area contributed by atoms with Crippen LogP contribution in [0.5, 0.6) is 0 Å². The standard InChI is InChI=1S/C15H19NO2/c1-11(2)10-14(17)12-5-7-13(8-6-12)16-9-3-4-15(16)18/h5-8,11H,3-4,9-10H2,1-2H3. The first-order chi connectivity index (χ1) is 8.58. The zero-order valence-electron chi connectivity index (χ0n) is 11.0. The summed E-state index contributed by atoms with van der Waals surface area (Å²) >= 11 is 0. The van der Waals surface area contributed by atoms with Crippen LogP contribution < -0.4 is 4.90 Å². The molecule has 1 heterocycles. The van der Waals surface area contributed by atoms with Gasteiger partial charge in [-0.3, -0.25) is 9.59 Å². The zero-order valence-corrected chi connectivity index (χ0v) is 11.0. The van der Waals surface area contributed by atoms with Crippen molar-refractivity contribution in [2.75, 3.05) is 11.4 Å². The van der Waals surface area contributed by atoms with E-state index in [1.54, 1.807) is 4.90 Å². The lowest BCUT2D eigenvalue weighted by atomic mass is 10.0. The smallest absolute Gasteiger partial charge is 0.227 e. The van der Waals surface area contributed by atoms with Crippen LogP contribution in [0.1, 0.15) is 43.5 Å². The summed E-state index contributed by atoms with van der Waals surface area (Å²) < 4.78 is 0. The van der Waals surface area contributed by atoms with Crippen molar-refractivity contribution in [3.05, 3.63) is 29.8 Å². The van der Waals surface area contributed by atoms with Crippen LogP contribution in [0, 0.1) is 5.92 Å². The fourth-order valence-corrected chi connectivity index (χ4v) is 2.24. The molecule has 1 saturated heterocycles. The molecule has 1 fully saturated rings. The maximum Gasteiger partial charge on any atom is 0.227 e. The van der Waals surface area contributed by atoms with Crippen LogP contribution in [0.3, 0.4) is 0 Å². The lowest BCUT2D eigenvalue weighted by Gasteiger charge is -2.15. The molecule has 1 aliphatic heterocycles. The number of hydrogen-bond donors (Lipinski definition) is 0. The minimum atomic E-state index is 0.171. The molecule has 0 aromatic heterocycles. The molecule has 3 nitrogen and oxygen atoms in total. The van der Waals surface area contributed by atoms with Gasteiger partial charge in [-0.25, -0.2) is 0 Å². The van der Waals surface area contributed by atoms with E-state index in [2.05, 4.69) is 0 Å². The molecule has 0 bridgehead atoms. The third kappa shape index (κ3) is 2.78. The molecule has 96 valence electrons. The Morgan fingerprint density at radius 2 is 1.94 bits per heavy atom. The Hall–Kier alpha value is -1.64. The highest BCUT2D eigenvalue weighted by molar-refractivity contribution is 5.98. The molecule has 0 radical (unpaired) electrons. The van der Waals surface area contributed by atoms with Crippen molar-refractivity contribution in [3.63, 3.8) is 0 Å². The summed E-state index contributed by atoms with van der Waals surface area (Å²) in [4.78, 5) is 25.3. The van der Waals surface area contributed by atoms with Crippen LogP contribution in [-0.4, -0.2) is 18.2 Å². The predicted octanol–water partition coefficient (Wildman–Crippen LogP) is 3.04. The minimum Gasteiger partial charge on any atom is -0.312 e. The molecule has 0 atom stereocenters. The maximum absolute atomic E-state index is 11.9. The molecule has 0 unspecified atom stereocenters. The summed E-state index contributed by atoms with van der Waals surface area (Å²) in [5, 5.41) is 0. The number of rotatable bonds is 4. The second-order valence-corrected chi connectivity index (χ2v) is 5.22. The Morgan fingerprint density at radius 3 is 2.44 bits per heavy atom. The number of carbonyl (C=O) groups is 2. The minimum absolute atomic E-state index is 0.171. The van der Waals surface area contributed by atoms with Gasteiger partial charge in [-0.15, -0.1) is 0 Å². The van der Waals surface area contributed by atoms with Crippen molar-refractivity contribution in [1.29, 1.82) is 0 Å². The van der Waals surface area contributed by atoms with E-state index in [0.29, 0.717) is 18.8 Å². The van der Waals surface area contributed by atoms with Crippen molar-refractivity contribution >= 4 is 17.4 Å². The lowest BCUT2D eigenvalue weighted by Crippen LogP contribution is -2.23. The number of carbonyl (C=O) groups excluding carboxylic acids is 2. The van der Waals surface area contributed by atoms with E-state index in [4.69, 9.17) is 0 Å². The third-order valence-electron chi connectivity index (χ3n) is 3.17. The molecule has 1 aromatic carbocycles. The Morgan fingerprint density at radius 1 is 1.28 bits per heavy atom. The predicted molar refractivity (Wildman–Crippen MR) is 71.8 cm³/mol. The molecule has 0 aliphatic carbocycles. The number of anilines is 1. The molecule has 2 rings (SSSR count). The van der Waals surface area contributed by atoms with Crippen LogP contribution >= 0.6 is 0 Å². The molecular formula is C15H19NO2. The highest BCUT2D eigenvalue weighted by Gasteiger charge is 2.21. The molecule has 0 saturated carbocycles. The van der Waals surface area contributed by atoms with Crippen LogP contribution in [0.25, 0.3) is 0 Å². The summed E-state index contributed by atoms with van der Waals surface area (Å²) in [5.41, 5.74) is 1.64. The van der Waals surface area contributed by atoms with Crippen molar-refractivity contribution in [2.45, 2.75) is 33.1 Å². The lowest BCUT2D eigenvalue weighted by molar-refractivity contribution is -0.117. The molecule has 1 aromatic rings. The third-order valence-corrected chi connectivity index (χ3v) is 3.17. The number of benzene rings is 1. The maximum atomic E-state index is 11.9. The van der Waals surface area contributed by atoms with Gasteiger partial charge in [0.25, 0.3) is 0 Å². The molecular weight excluding hydrogens is 226 g/mol. The first kappa shape index (κ1) is 12.8. The number of nitrogens with zero attached hydrogens (tertiary/aromatic N) is 1. The fourth-order valence-electron chi connectivity index (χ4n) is 2.24. The highest BCUT2D eigenvalue weighted by atomic mass is 16.2. The van der Waals surface area contributed by atoms with Gasteiger partial charge in [-0.1, -0.05) is 13.8 Å². The van der Waals surface area contributed by atoms with Crippen LogP contribution in [0.2, 0.25) is 0 Å². The molecule has 0 spiro atoms. The van der Waals surface area contributed by atoms with Crippen molar-refractivity contribution < 1.29 is 9.59 Å². The average molecular weight is 245 g/mol. The van der Waals surface area contributed by atoms with E-state index in [1.807, 2.05) is 38.1 Å². The fraction of sp³-hybridized carbons (Fsp3) is 0.467. The topological polar surface area (TPSA) is 37.4 Å².